The molecular formula is C15H28N4. The van der Waals surface area contributed by atoms with Gasteiger partial charge >= 0.3 is 0 Å². The molecule has 0 aromatic carbocycles. The fraction of sp³-hybridized carbons (Fsp3) is 0.800. The standard InChI is InChI=1S/C15H28N4/c1-3-10-19(14-7-5-13(16)6-8-14)12-15-17-9-11-18(15)4-2/h9,11,13-14H,3-8,10,12,16H2,1-2H3. The molecule has 1 aliphatic carbocycles. The lowest BCUT2D eigenvalue weighted by molar-refractivity contribution is 0.137. The zero-order chi connectivity index (χ0) is 13.7. The summed E-state index contributed by atoms with van der Waals surface area (Å²) in [7, 11) is 0. The van der Waals surface area contributed by atoms with E-state index in [-0.39, 0.29) is 0 Å². The first kappa shape index (κ1) is 14.5. The molecule has 0 unspecified atom stereocenters. The van der Waals surface area contributed by atoms with E-state index in [1.54, 1.807) is 0 Å². The van der Waals surface area contributed by atoms with Crippen LogP contribution in [0.4, 0.5) is 0 Å². The van der Waals surface area contributed by atoms with Crippen LogP contribution < -0.4 is 5.73 Å². The lowest BCUT2D eigenvalue weighted by Crippen LogP contribution is -2.41. The number of imidazole rings is 1. The molecule has 1 heterocycles. The molecule has 0 aliphatic heterocycles. The van der Waals surface area contributed by atoms with Crippen LogP contribution in [0.15, 0.2) is 12.4 Å². The Kier molecular flexibility index (Phi) is 5.40. The van der Waals surface area contributed by atoms with E-state index >= 15 is 0 Å². The molecule has 4 nitrogen and oxygen atoms in total. The molecular weight excluding hydrogens is 236 g/mol. The molecule has 0 atom stereocenters. The molecule has 0 amide bonds. The van der Waals surface area contributed by atoms with Crippen molar-refractivity contribution >= 4 is 0 Å². The minimum absolute atomic E-state index is 0.428. The van der Waals surface area contributed by atoms with Crippen LogP contribution in [-0.2, 0) is 13.1 Å². The van der Waals surface area contributed by atoms with Crippen molar-refractivity contribution in [2.75, 3.05) is 6.54 Å². The molecule has 0 spiro atoms. The summed E-state index contributed by atoms with van der Waals surface area (Å²) in [4.78, 5) is 7.13. The largest absolute Gasteiger partial charge is 0.334 e. The van der Waals surface area contributed by atoms with Crippen molar-refractivity contribution in [3.8, 4) is 0 Å². The number of aryl methyl sites for hydroxylation is 1. The van der Waals surface area contributed by atoms with Gasteiger partial charge in [0, 0.05) is 31.0 Å². The number of rotatable bonds is 6. The van der Waals surface area contributed by atoms with Gasteiger partial charge in [0.05, 0.1) is 6.54 Å². The predicted octanol–water partition coefficient (Wildman–Crippen LogP) is 2.38. The van der Waals surface area contributed by atoms with Crippen LogP contribution in [-0.4, -0.2) is 33.1 Å². The number of aromatic nitrogens is 2. The van der Waals surface area contributed by atoms with Crippen molar-refractivity contribution in [2.45, 2.75) is 71.1 Å². The Morgan fingerprint density at radius 1 is 1.32 bits per heavy atom. The van der Waals surface area contributed by atoms with E-state index < -0.39 is 0 Å². The highest BCUT2D eigenvalue weighted by atomic mass is 15.2. The van der Waals surface area contributed by atoms with Crippen molar-refractivity contribution in [3.63, 3.8) is 0 Å². The highest BCUT2D eigenvalue weighted by Crippen LogP contribution is 2.23. The summed E-state index contributed by atoms with van der Waals surface area (Å²) in [6, 6.07) is 1.12. The van der Waals surface area contributed by atoms with Gasteiger partial charge in [0.1, 0.15) is 5.82 Å². The zero-order valence-electron chi connectivity index (χ0n) is 12.4. The van der Waals surface area contributed by atoms with Crippen molar-refractivity contribution < 1.29 is 0 Å². The average molecular weight is 264 g/mol. The fourth-order valence-electron chi connectivity index (χ4n) is 3.11. The van der Waals surface area contributed by atoms with Crippen molar-refractivity contribution in [1.29, 1.82) is 0 Å². The molecule has 1 aromatic rings. The van der Waals surface area contributed by atoms with Crippen LogP contribution in [0.5, 0.6) is 0 Å². The highest BCUT2D eigenvalue weighted by Gasteiger charge is 2.24. The van der Waals surface area contributed by atoms with E-state index in [1.165, 1.54) is 37.9 Å². The van der Waals surface area contributed by atoms with Crippen molar-refractivity contribution in [3.05, 3.63) is 18.2 Å². The van der Waals surface area contributed by atoms with Gasteiger partial charge in [-0.2, -0.15) is 0 Å². The fourth-order valence-corrected chi connectivity index (χ4v) is 3.11. The second-order valence-corrected chi connectivity index (χ2v) is 5.67. The smallest absolute Gasteiger partial charge is 0.122 e. The van der Waals surface area contributed by atoms with Gasteiger partial charge in [-0.15, -0.1) is 0 Å². The van der Waals surface area contributed by atoms with Gasteiger partial charge in [-0.3, -0.25) is 4.90 Å². The maximum Gasteiger partial charge on any atom is 0.122 e. The molecule has 0 saturated heterocycles. The third-order valence-electron chi connectivity index (χ3n) is 4.26. The molecule has 1 aromatic heterocycles. The molecule has 2 N–H and O–H groups in total. The minimum atomic E-state index is 0.428. The second kappa shape index (κ2) is 7.06. The summed E-state index contributed by atoms with van der Waals surface area (Å²) in [5.74, 6) is 1.20. The first-order valence-electron chi connectivity index (χ1n) is 7.74. The van der Waals surface area contributed by atoms with Gasteiger partial charge in [-0.25, -0.2) is 4.98 Å². The van der Waals surface area contributed by atoms with Crippen LogP contribution in [0.2, 0.25) is 0 Å². The third kappa shape index (κ3) is 3.80. The molecule has 2 rings (SSSR count). The zero-order valence-corrected chi connectivity index (χ0v) is 12.4. The number of nitrogens with two attached hydrogens (primary N) is 1. The van der Waals surface area contributed by atoms with E-state index in [1.807, 2.05) is 6.20 Å². The summed E-state index contributed by atoms with van der Waals surface area (Å²) in [6.07, 6.45) is 10.0. The Labute approximate surface area is 117 Å². The van der Waals surface area contributed by atoms with Gasteiger partial charge in [-0.05, 0) is 45.6 Å². The number of nitrogens with zero attached hydrogens (tertiary/aromatic N) is 3. The second-order valence-electron chi connectivity index (χ2n) is 5.67. The van der Waals surface area contributed by atoms with Crippen LogP contribution in [0.25, 0.3) is 0 Å². The monoisotopic (exact) mass is 264 g/mol. The SMILES string of the molecule is CCCN(Cc1nccn1CC)C1CCC(N)CC1. The molecule has 1 fully saturated rings. The van der Waals surface area contributed by atoms with Crippen LogP contribution in [0.3, 0.4) is 0 Å². The maximum absolute atomic E-state index is 6.02. The maximum atomic E-state index is 6.02. The summed E-state index contributed by atoms with van der Waals surface area (Å²) in [5.41, 5.74) is 6.02. The van der Waals surface area contributed by atoms with Gasteiger partial charge in [0.25, 0.3) is 0 Å². The number of hydrogen-bond donors (Lipinski definition) is 1. The van der Waals surface area contributed by atoms with E-state index in [4.69, 9.17) is 5.73 Å². The van der Waals surface area contributed by atoms with Gasteiger partial charge in [-0.1, -0.05) is 6.92 Å². The van der Waals surface area contributed by atoms with Gasteiger partial charge < -0.3 is 10.3 Å². The van der Waals surface area contributed by atoms with Crippen LogP contribution >= 0.6 is 0 Å². The summed E-state index contributed by atoms with van der Waals surface area (Å²) < 4.78 is 2.25. The lowest BCUT2D eigenvalue weighted by atomic mass is 9.90. The van der Waals surface area contributed by atoms with Crippen LogP contribution in [0.1, 0.15) is 51.8 Å². The Bertz CT molecular complexity index is 366. The van der Waals surface area contributed by atoms with E-state index in [0.717, 1.165) is 19.6 Å². The minimum Gasteiger partial charge on any atom is -0.334 e. The summed E-state index contributed by atoms with van der Waals surface area (Å²) in [6.45, 7) is 7.58. The third-order valence-corrected chi connectivity index (χ3v) is 4.26. The Hall–Kier alpha value is -0.870. The molecule has 1 aliphatic rings. The van der Waals surface area contributed by atoms with E-state index in [0.29, 0.717) is 12.1 Å². The predicted molar refractivity (Wildman–Crippen MR) is 78.8 cm³/mol. The number of hydrogen-bond acceptors (Lipinski definition) is 3. The van der Waals surface area contributed by atoms with E-state index in [2.05, 4.69) is 34.5 Å². The molecule has 0 radical (unpaired) electrons. The highest BCUT2D eigenvalue weighted by molar-refractivity contribution is 4.94. The molecule has 1 saturated carbocycles. The first-order valence-corrected chi connectivity index (χ1v) is 7.74. The summed E-state index contributed by atoms with van der Waals surface area (Å²) >= 11 is 0. The molecule has 19 heavy (non-hydrogen) atoms. The van der Waals surface area contributed by atoms with Crippen LogP contribution in [0, 0.1) is 0 Å². The normalized spacial score (nSPS) is 24.0. The Balaban J connectivity index is 1.99. The van der Waals surface area contributed by atoms with Gasteiger partial charge in [0.2, 0.25) is 0 Å². The van der Waals surface area contributed by atoms with Gasteiger partial charge in [0.15, 0.2) is 0 Å². The van der Waals surface area contributed by atoms with Crippen molar-refractivity contribution in [1.82, 2.24) is 14.5 Å². The van der Waals surface area contributed by atoms with Crippen molar-refractivity contribution in [2.24, 2.45) is 5.73 Å². The molecule has 108 valence electrons. The quantitative estimate of drug-likeness (QED) is 0.858. The Morgan fingerprint density at radius 3 is 2.68 bits per heavy atom. The molecule has 4 heteroatoms. The lowest BCUT2D eigenvalue weighted by Gasteiger charge is -2.35. The topological polar surface area (TPSA) is 47.1 Å². The molecule has 0 bridgehead atoms. The Morgan fingerprint density at radius 2 is 2.05 bits per heavy atom. The van der Waals surface area contributed by atoms with E-state index in [9.17, 15) is 0 Å². The first-order chi connectivity index (χ1) is 9.24. The average Bonchev–Trinajstić information content (AvgIpc) is 2.86. The summed E-state index contributed by atoms with van der Waals surface area (Å²) in [5, 5.41) is 0.